The maximum absolute atomic E-state index is 5.48. The minimum Gasteiger partial charge on any atom is -0.330 e. The van der Waals surface area contributed by atoms with Crippen LogP contribution in [0.1, 0.15) is 42.9 Å². The highest BCUT2D eigenvalue weighted by atomic mass is 15.3. The molecule has 2 aromatic rings. The number of hydrogen-bond acceptors (Lipinski definition) is 4. The van der Waals surface area contributed by atoms with Crippen LogP contribution in [0.3, 0.4) is 0 Å². The molecule has 5 nitrogen and oxygen atoms in total. The minimum atomic E-state index is 0.712. The van der Waals surface area contributed by atoms with E-state index in [4.69, 9.17) is 5.73 Å². The summed E-state index contributed by atoms with van der Waals surface area (Å²) in [7, 11) is 0. The average Bonchev–Trinajstić information content (AvgIpc) is 2.72. The summed E-state index contributed by atoms with van der Waals surface area (Å²) >= 11 is 0. The Morgan fingerprint density at radius 2 is 1.89 bits per heavy atom. The van der Waals surface area contributed by atoms with Gasteiger partial charge in [0, 0.05) is 17.8 Å². The molecule has 0 aliphatic heterocycles. The molecule has 18 heavy (non-hydrogen) atoms. The molecule has 2 rings (SSSR count). The van der Waals surface area contributed by atoms with Gasteiger partial charge in [0.05, 0.1) is 0 Å². The molecule has 0 aliphatic carbocycles. The molecule has 0 amide bonds. The first-order valence-electron chi connectivity index (χ1n) is 6.60. The van der Waals surface area contributed by atoms with Crippen molar-refractivity contribution in [3.8, 4) is 0 Å². The summed E-state index contributed by atoms with van der Waals surface area (Å²) in [5.74, 6) is 1.73. The van der Waals surface area contributed by atoms with Gasteiger partial charge < -0.3 is 5.73 Å². The smallest absolute Gasteiger partial charge is 0.255 e. The van der Waals surface area contributed by atoms with Crippen LogP contribution < -0.4 is 5.73 Å². The molecule has 2 N–H and O–H groups in total. The van der Waals surface area contributed by atoms with E-state index < -0.39 is 0 Å². The zero-order chi connectivity index (χ0) is 13.0. The molecule has 0 radical (unpaired) electrons. The number of nitrogens with two attached hydrogens (primary N) is 1. The Kier molecular flexibility index (Phi) is 4.25. The third-order valence-corrected chi connectivity index (χ3v) is 3.11. The number of hydrogen-bond donors (Lipinski definition) is 1. The Bertz CT molecular complexity index is 517. The van der Waals surface area contributed by atoms with Gasteiger partial charge >= 0.3 is 0 Å². The molecule has 0 saturated carbocycles. The lowest BCUT2D eigenvalue weighted by Gasteiger charge is -2.04. The van der Waals surface area contributed by atoms with E-state index in [0.717, 1.165) is 43.0 Å². The molecule has 98 valence electrons. The molecule has 2 aromatic heterocycles. The molecule has 0 saturated heterocycles. The maximum atomic E-state index is 5.48. The van der Waals surface area contributed by atoms with Crippen LogP contribution >= 0.6 is 0 Å². The number of unbranched alkanes of at least 4 members (excludes halogenated alkanes) is 3. The van der Waals surface area contributed by atoms with Crippen molar-refractivity contribution in [1.82, 2.24) is 19.6 Å². The van der Waals surface area contributed by atoms with E-state index in [1.807, 2.05) is 6.92 Å². The van der Waals surface area contributed by atoms with E-state index in [0.29, 0.717) is 5.78 Å². The van der Waals surface area contributed by atoms with Gasteiger partial charge in [0.15, 0.2) is 0 Å². The van der Waals surface area contributed by atoms with Crippen LogP contribution in [0.5, 0.6) is 0 Å². The van der Waals surface area contributed by atoms with Gasteiger partial charge in [-0.05, 0) is 39.3 Å². The van der Waals surface area contributed by atoms with Gasteiger partial charge in [0.25, 0.3) is 5.78 Å². The van der Waals surface area contributed by atoms with Crippen molar-refractivity contribution in [2.24, 2.45) is 5.73 Å². The molecule has 0 aliphatic rings. The summed E-state index contributed by atoms with van der Waals surface area (Å²) in [4.78, 5) is 4.39. The van der Waals surface area contributed by atoms with Gasteiger partial charge in [-0.3, -0.25) is 4.40 Å². The van der Waals surface area contributed by atoms with Crippen molar-refractivity contribution < 1.29 is 0 Å². The van der Waals surface area contributed by atoms with Crippen molar-refractivity contribution in [2.75, 3.05) is 6.54 Å². The molecule has 0 bridgehead atoms. The summed E-state index contributed by atoms with van der Waals surface area (Å²) in [6.07, 6.45) is 5.60. The zero-order valence-electron chi connectivity index (χ0n) is 11.2. The molecule has 0 atom stereocenters. The Morgan fingerprint density at radius 3 is 2.67 bits per heavy atom. The Labute approximate surface area is 107 Å². The van der Waals surface area contributed by atoms with Gasteiger partial charge in [-0.25, -0.2) is 4.98 Å². The van der Waals surface area contributed by atoms with Crippen LogP contribution in [0.25, 0.3) is 5.78 Å². The van der Waals surface area contributed by atoms with Crippen LogP contribution in [-0.2, 0) is 6.42 Å². The van der Waals surface area contributed by atoms with Crippen molar-refractivity contribution in [3.63, 3.8) is 0 Å². The predicted molar refractivity (Wildman–Crippen MR) is 71.5 cm³/mol. The largest absolute Gasteiger partial charge is 0.330 e. The lowest BCUT2D eigenvalue weighted by molar-refractivity contribution is 0.632. The monoisotopic (exact) mass is 247 g/mol. The standard InChI is InChI=1S/C13H21N5/c1-10-9-11(2)18-12(16-17-13(18)15-10)7-5-3-4-6-8-14/h9H,3-8,14H2,1-2H3. The normalized spacial score (nSPS) is 11.3. The SMILES string of the molecule is Cc1cc(C)n2c(CCCCCCN)nnc2n1. The fourth-order valence-corrected chi connectivity index (χ4v) is 2.24. The number of aryl methyl sites for hydroxylation is 3. The second-order valence-electron chi connectivity index (χ2n) is 4.74. The maximum Gasteiger partial charge on any atom is 0.255 e. The summed E-state index contributed by atoms with van der Waals surface area (Å²) < 4.78 is 2.05. The van der Waals surface area contributed by atoms with Crippen LogP contribution in [0.2, 0.25) is 0 Å². The van der Waals surface area contributed by atoms with Gasteiger partial charge in [0.2, 0.25) is 0 Å². The van der Waals surface area contributed by atoms with Crippen molar-refractivity contribution in [2.45, 2.75) is 46.0 Å². The lowest BCUT2D eigenvalue weighted by Crippen LogP contribution is -2.02. The second kappa shape index (κ2) is 5.91. The molecular formula is C13H21N5. The van der Waals surface area contributed by atoms with Crippen LogP contribution in [0.15, 0.2) is 6.07 Å². The molecule has 5 heteroatoms. The fourth-order valence-electron chi connectivity index (χ4n) is 2.24. The second-order valence-corrected chi connectivity index (χ2v) is 4.74. The van der Waals surface area contributed by atoms with Gasteiger partial charge in [-0.15, -0.1) is 10.2 Å². The highest BCUT2D eigenvalue weighted by molar-refractivity contribution is 5.32. The van der Waals surface area contributed by atoms with Crippen molar-refractivity contribution in [3.05, 3.63) is 23.3 Å². The zero-order valence-corrected chi connectivity index (χ0v) is 11.2. The van der Waals surface area contributed by atoms with Crippen molar-refractivity contribution in [1.29, 1.82) is 0 Å². The summed E-state index contributed by atoms with van der Waals surface area (Å²) in [6, 6.07) is 2.06. The van der Waals surface area contributed by atoms with Gasteiger partial charge in [0.1, 0.15) is 5.82 Å². The first-order valence-corrected chi connectivity index (χ1v) is 6.60. The fraction of sp³-hybridized carbons (Fsp3) is 0.615. The van der Waals surface area contributed by atoms with E-state index in [1.54, 1.807) is 0 Å². The third-order valence-electron chi connectivity index (χ3n) is 3.11. The van der Waals surface area contributed by atoms with E-state index in [2.05, 4.69) is 32.6 Å². The third kappa shape index (κ3) is 2.85. The average molecular weight is 247 g/mol. The van der Waals surface area contributed by atoms with Crippen molar-refractivity contribution >= 4 is 5.78 Å². The highest BCUT2D eigenvalue weighted by Gasteiger charge is 2.08. The minimum absolute atomic E-state index is 0.712. The van der Waals surface area contributed by atoms with E-state index in [-0.39, 0.29) is 0 Å². The number of fused-ring (bicyclic) bond motifs is 1. The summed E-state index contributed by atoms with van der Waals surface area (Å²) in [5, 5.41) is 8.38. The summed E-state index contributed by atoms with van der Waals surface area (Å²) in [5.41, 5.74) is 7.62. The molecular weight excluding hydrogens is 226 g/mol. The van der Waals surface area contributed by atoms with Gasteiger partial charge in [-0.2, -0.15) is 0 Å². The van der Waals surface area contributed by atoms with Crippen LogP contribution in [0, 0.1) is 13.8 Å². The molecule has 0 spiro atoms. The Morgan fingerprint density at radius 1 is 1.11 bits per heavy atom. The van der Waals surface area contributed by atoms with Crippen LogP contribution in [-0.4, -0.2) is 26.1 Å². The van der Waals surface area contributed by atoms with Crippen LogP contribution in [0.4, 0.5) is 0 Å². The number of rotatable bonds is 6. The number of nitrogens with zero attached hydrogens (tertiary/aromatic N) is 4. The Balaban J connectivity index is 2.05. The number of aromatic nitrogens is 4. The Hall–Kier alpha value is -1.49. The van der Waals surface area contributed by atoms with E-state index in [9.17, 15) is 0 Å². The molecule has 2 heterocycles. The topological polar surface area (TPSA) is 69.1 Å². The molecule has 0 aromatic carbocycles. The first kappa shape index (κ1) is 13.0. The predicted octanol–water partition coefficient (Wildman–Crippen LogP) is 1.80. The quantitative estimate of drug-likeness (QED) is 0.790. The first-order chi connectivity index (χ1) is 8.72. The van der Waals surface area contributed by atoms with E-state index in [1.165, 1.54) is 12.8 Å². The lowest BCUT2D eigenvalue weighted by atomic mass is 10.1. The summed E-state index contributed by atoms with van der Waals surface area (Å²) in [6.45, 7) is 4.84. The highest BCUT2D eigenvalue weighted by Crippen LogP contribution is 2.11. The van der Waals surface area contributed by atoms with E-state index >= 15 is 0 Å². The molecule has 0 fully saturated rings. The van der Waals surface area contributed by atoms with Gasteiger partial charge in [-0.1, -0.05) is 12.8 Å². The molecule has 0 unspecified atom stereocenters.